The van der Waals surface area contributed by atoms with Crippen molar-refractivity contribution >= 4 is 0 Å². The third-order valence-electron chi connectivity index (χ3n) is 4.35. The number of nitrogens with zero attached hydrogens (tertiary/aromatic N) is 1. The van der Waals surface area contributed by atoms with E-state index < -0.39 is 0 Å². The van der Waals surface area contributed by atoms with Crippen molar-refractivity contribution < 1.29 is 0 Å². The van der Waals surface area contributed by atoms with Gasteiger partial charge in [-0.1, -0.05) is 47.0 Å². The van der Waals surface area contributed by atoms with Crippen molar-refractivity contribution in [3.05, 3.63) is 0 Å². The quantitative estimate of drug-likeness (QED) is 0.758. The van der Waals surface area contributed by atoms with Gasteiger partial charge in [-0.25, -0.2) is 0 Å². The zero-order valence-corrected chi connectivity index (χ0v) is 11.9. The average Bonchev–Trinajstić information content (AvgIpc) is 2.48. The Bertz CT molecular complexity index is 259. The van der Waals surface area contributed by atoms with E-state index in [0.717, 1.165) is 13.0 Å². The minimum absolute atomic E-state index is 0.227. The summed E-state index contributed by atoms with van der Waals surface area (Å²) in [5.74, 6) is 0.870. The monoisotopic (exact) mass is 236 g/mol. The summed E-state index contributed by atoms with van der Waals surface area (Å²) in [5.41, 5.74) is 0.347. The maximum atomic E-state index is 9.22. The molecule has 3 unspecified atom stereocenters. The number of rotatable bonds is 3. The summed E-state index contributed by atoms with van der Waals surface area (Å²) < 4.78 is 0. The predicted molar refractivity (Wildman–Crippen MR) is 72.6 cm³/mol. The van der Waals surface area contributed by atoms with Gasteiger partial charge in [-0.2, -0.15) is 5.26 Å². The smallest absolute Gasteiger partial charge is 0.0672 e. The van der Waals surface area contributed by atoms with E-state index in [9.17, 15) is 5.26 Å². The van der Waals surface area contributed by atoms with E-state index in [-0.39, 0.29) is 5.92 Å². The summed E-state index contributed by atoms with van der Waals surface area (Å²) in [5, 5.41) is 12.9. The molecule has 1 fully saturated rings. The summed E-state index contributed by atoms with van der Waals surface area (Å²) in [6, 6.07) is 2.92. The lowest BCUT2D eigenvalue weighted by molar-refractivity contribution is 0.236. The first-order valence-corrected chi connectivity index (χ1v) is 7.08. The summed E-state index contributed by atoms with van der Waals surface area (Å²) in [4.78, 5) is 0. The van der Waals surface area contributed by atoms with Crippen LogP contribution in [0.3, 0.4) is 0 Å². The molecule has 0 spiro atoms. The van der Waals surface area contributed by atoms with E-state index >= 15 is 0 Å². The van der Waals surface area contributed by atoms with Gasteiger partial charge in [0.25, 0.3) is 0 Å². The van der Waals surface area contributed by atoms with Crippen molar-refractivity contribution in [1.82, 2.24) is 5.32 Å². The van der Waals surface area contributed by atoms with Crippen molar-refractivity contribution in [1.29, 1.82) is 5.26 Å². The van der Waals surface area contributed by atoms with Crippen molar-refractivity contribution in [2.24, 2.45) is 17.3 Å². The highest BCUT2D eigenvalue weighted by atomic mass is 14.9. The van der Waals surface area contributed by atoms with Gasteiger partial charge in [-0.15, -0.1) is 0 Å². The van der Waals surface area contributed by atoms with Crippen LogP contribution in [-0.4, -0.2) is 12.6 Å². The van der Waals surface area contributed by atoms with Crippen molar-refractivity contribution in [2.45, 2.75) is 65.8 Å². The Kier molecular flexibility index (Phi) is 5.46. The Morgan fingerprint density at radius 3 is 2.47 bits per heavy atom. The second-order valence-corrected chi connectivity index (χ2v) is 6.66. The van der Waals surface area contributed by atoms with Gasteiger partial charge in [0.2, 0.25) is 0 Å². The highest BCUT2D eigenvalue weighted by molar-refractivity contribution is 4.93. The highest BCUT2D eigenvalue weighted by Gasteiger charge is 2.25. The molecule has 2 heteroatoms. The Morgan fingerprint density at radius 1 is 1.24 bits per heavy atom. The third kappa shape index (κ3) is 4.68. The maximum Gasteiger partial charge on any atom is 0.0672 e. The van der Waals surface area contributed by atoms with Gasteiger partial charge < -0.3 is 5.32 Å². The molecule has 1 aliphatic carbocycles. The fourth-order valence-corrected chi connectivity index (χ4v) is 2.34. The normalized spacial score (nSPS) is 28.2. The molecule has 0 aliphatic heterocycles. The summed E-state index contributed by atoms with van der Waals surface area (Å²) in [7, 11) is 0. The molecule has 2 nitrogen and oxygen atoms in total. The molecule has 0 radical (unpaired) electrons. The van der Waals surface area contributed by atoms with Gasteiger partial charge in [-0.05, 0) is 30.7 Å². The van der Waals surface area contributed by atoms with Crippen LogP contribution in [0, 0.1) is 28.6 Å². The zero-order chi connectivity index (χ0) is 12.9. The molecule has 0 amide bonds. The van der Waals surface area contributed by atoms with Gasteiger partial charge >= 0.3 is 0 Å². The van der Waals surface area contributed by atoms with Crippen LogP contribution in [0.5, 0.6) is 0 Å². The van der Waals surface area contributed by atoms with Crippen LogP contribution >= 0.6 is 0 Å². The molecule has 0 bridgehead atoms. The largest absolute Gasteiger partial charge is 0.312 e. The van der Waals surface area contributed by atoms with E-state index in [4.69, 9.17) is 0 Å². The van der Waals surface area contributed by atoms with E-state index in [0.29, 0.717) is 17.4 Å². The van der Waals surface area contributed by atoms with Crippen LogP contribution in [0.15, 0.2) is 0 Å². The van der Waals surface area contributed by atoms with E-state index in [1.807, 2.05) is 0 Å². The lowest BCUT2D eigenvalue weighted by Gasteiger charge is -2.30. The van der Waals surface area contributed by atoms with Crippen molar-refractivity contribution in [3.8, 4) is 6.07 Å². The lowest BCUT2D eigenvalue weighted by Crippen LogP contribution is -2.40. The Morgan fingerprint density at radius 2 is 1.88 bits per heavy atom. The third-order valence-corrected chi connectivity index (χ3v) is 4.35. The predicted octanol–water partition coefficient (Wildman–Crippen LogP) is 3.73. The molecular formula is C15H28N2. The Balaban J connectivity index is 2.46. The lowest BCUT2D eigenvalue weighted by atomic mass is 9.81. The summed E-state index contributed by atoms with van der Waals surface area (Å²) >= 11 is 0. The molecule has 0 heterocycles. The van der Waals surface area contributed by atoms with E-state index in [1.54, 1.807) is 0 Å². The molecule has 3 atom stereocenters. The first kappa shape index (κ1) is 14.5. The minimum Gasteiger partial charge on any atom is -0.312 e. The van der Waals surface area contributed by atoms with Crippen LogP contribution in [-0.2, 0) is 0 Å². The molecule has 98 valence electrons. The van der Waals surface area contributed by atoms with Crippen LogP contribution < -0.4 is 5.32 Å². The molecule has 0 saturated heterocycles. The van der Waals surface area contributed by atoms with Crippen LogP contribution in [0.2, 0.25) is 0 Å². The second kappa shape index (κ2) is 6.40. The first-order chi connectivity index (χ1) is 7.95. The minimum atomic E-state index is 0.227. The highest BCUT2D eigenvalue weighted by Crippen LogP contribution is 2.26. The Labute approximate surface area is 107 Å². The molecule has 0 aromatic heterocycles. The van der Waals surface area contributed by atoms with Gasteiger partial charge in [-0.3, -0.25) is 0 Å². The SMILES string of the molecule is CC(CNC1CCCCCC1C#N)C(C)(C)C. The van der Waals surface area contributed by atoms with Crippen LogP contribution in [0.1, 0.15) is 59.8 Å². The fourth-order valence-electron chi connectivity index (χ4n) is 2.34. The van der Waals surface area contributed by atoms with Gasteiger partial charge in [0.1, 0.15) is 0 Å². The molecule has 1 aliphatic rings. The number of hydrogen-bond acceptors (Lipinski definition) is 2. The van der Waals surface area contributed by atoms with Crippen molar-refractivity contribution in [2.75, 3.05) is 6.54 Å². The van der Waals surface area contributed by atoms with Gasteiger partial charge in [0.15, 0.2) is 0 Å². The van der Waals surface area contributed by atoms with E-state index in [2.05, 4.69) is 39.1 Å². The molecule has 17 heavy (non-hydrogen) atoms. The number of nitriles is 1. The standard InChI is InChI=1S/C15H28N2/c1-12(15(2,3)4)11-17-14-9-7-5-6-8-13(14)10-16/h12-14,17H,5-9,11H2,1-4H3. The topological polar surface area (TPSA) is 35.8 Å². The summed E-state index contributed by atoms with van der Waals surface area (Å²) in [6.07, 6.45) is 6.06. The summed E-state index contributed by atoms with van der Waals surface area (Å²) in [6.45, 7) is 10.2. The first-order valence-electron chi connectivity index (χ1n) is 7.08. The zero-order valence-electron chi connectivity index (χ0n) is 11.9. The maximum absolute atomic E-state index is 9.22. The van der Waals surface area contributed by atoms with Crippen molar-refractivity contribution in [3.63, 3.8) is 0 Å². The molecular weight excluding hydrogens is 208 g/mol. The molecule has 0 aromatic carbocycles. The average molecular weight is 236 g/mol. The second-order valence-electron chi connectivity index (χ2n) is 6.66. The molecule has 1 N–H and O–H groups in total. The van der Waals surface area contributed by atoms with Gasteiger partial charge in [0, 0.05) is 6.04 Å². The van der Waals surface area contributed by atoms with Crippen LogP contribution in [0.4, 0.5) is 0 Å². The number of nitrogens with one attached hydrogen (secondary N) is 1. The van der Waals surface area contributed by atoms with Gasteiger partial charge in [0.05, 0.1) is 12.0 Å². The molecule has 1 rings (SSSR count). The van der Waals surface area contributed by atoms with E-state index in [1.165, 1.54) is 25.7 Å². The Hall–Kier alpha value is -0.550. The fraction of sp³-hybridized carbons (Fsp3) is 0.933. The van der Waals surface area contributed by atoms with Crippen LogP contribution in [0.25, 0.3) is 0 Å². The molecule has 1 saturated carbocycles. The molecule has 0 aromatic rings. The number of hydrogen-bond donors (Lipinski definition) is 1.